The summed E-state index contributed by atoms with van der Waals surface area (Å²) < 4.78 is 29.2. The predicted octanol–water partition coefficient (Wildman–Crippen LogP) is 2.04. The molecule has 3 aromatic heterocycles. The third-order valence-corrected chi connectivity index (χ3v) is 6.17. The highest BCUT2D eigenvalue weighted by Gasteiger charge is 2.26. The summed E-state index contributed by atoms with van der Waals surface area (Å²) in [5, 5.41) is 4.78. The molecule has 1 N–H and O–H groups in total. The van der Waals surface area contributed by atoms with Crippen LogP contribution in [0, 0.1) is 0 Å². The van der Waals surface area contributed by atoms with E-state index in [1.54, 1.807) is 17.7 Å². The summed E-state index contributed by atoms with van der Waals surface area (Å²) in [6.45, 7) is 5.94. The number of aromatic amines is 1. The molecule has 9 nitrogen and oxygen atoms in total. The lowest BCUT2D eigenvalue weighted by atomic mass is 10.1. The second kappa shape index (κ2) is 9.11. The van der Waals surface area contributed by atoms with Gasteiger partial charge in [-0.05, 0) is 42.1 Å². The summed E-state index contributed by atoms with van der Waals surface area (Å²) in [5.74, 6) is 0.735. The van der Waals surface area contributed by atoms with E-state index >= 15 is 4.39 Å². The highest BCUT2D eigenvalue weighted by molar-refractivity contribution is 5.87. The van der Waals surface area contributed by atoms with Crippen molar-refractivity contribution >= 4 is 16.7 Å². The van der Waals surface area contributed by atoms with Crippen molar-refractivity contribution in [3.05, 3.63) is 64.5 Å². The molecule has 4 heterocycles. The van der Waals surface area contributed by atoms with E-state index in [1.807, 2.05) is 38.1 Å². The van der Waals surface area contributed by atoms with Crippen LogP contribution in [0.3, 0.4) is 0 Å². The number of morpholine rings is 1. The molecule has 34 heavy (non-hydrogen) atoms. The van der Waals surface area contributed by atoms with Crippen LogP contribution in [0.2, 0.25) is 0 Å². The lowest BCUT2D eigenvalue weighted by molar-refractivity contribution is -0.345. The highest BCUT2D eigenvalue weighted by atomic mass is 19.1. The Morgan fingerprint density at radius 3 is 2.68 bits per heavy atom. The van der Waals surface area contributed by atoms with Gasteiger partial charge in [0.1, 0.15) is 11.9 Å². The molecule has 3 atom stereocenters. The second-order valence-corrected chi connectivity index (χ2v) is 8.85. The van der Waals surface area contributed by atoms with Crippen LogP contribution >= 0.6 is 0 Å². The molecule has 0 spiro atoms. The average molecular weight is 468 g/mol. The molecule has 0 amide bonds. The van der Waals surface area contributed by atoms with Crippen molar-refractivity contribution in [2.75, 3.05) is 26.7 Å². The predicted molar refractivity (Wildman–Crippen MR) is 124 cm³/mol. The van der Waals surface area contributed by atoms with Gasteiger partial charge < -0.3 is 9.47 Å². The lowest BCUT2D eigenvalue weighted by Crippen LogP contribution is -2.46. The monoisotopic (exact) mass is 467 g/mol. The maximum absolute atomic E-state index is 15.4. The number of alkyl halides is 1. The van der Waals surface area contributed by atoms with E-state index in [-0.39, 0.29) is 24.4 Å². The van der Waals surface area contributed by atoms with Gasteiger partial charge in [0, 0.05) is 36.5 Å². The van der Waals surface area contributed by atoms with Crippen LogP contribution in [-0.2, 0) is 11.3 Å². The first-order valence-electron chi connectivity index (χ1n) is 11.4. The van der Waals surface area contributed by atoms with Gasteiger partial charge in [-0.3, -0.25) is 9.47 Å². The van der Waals surface area contributed by atoms with Crippen molar-refractivity contribution in [1.82, 2.24) is 24.1 Å². The molecule has 1 aliphatic heterocycles. The maximum atomic E-state index is 15.4. The van der Waals surface area contributed by atoms with Gasteiger partial charge in [0.25, 0.3) is 12.0 Å². The Labute approximate surface area is 195 Å². The van der Waals surface area contributed by atoms with Crippen molar-refractivity contribution in [3.8, 4) is 5.75 Å². The second-order valence-electron chi connectivity index (χ2n) is 8.85. The van der Waals surface area contributed by atoms with Gasteiger partial charge in [0.15, 0.2) is 5.65 Å². The fourth-order valence-electron chi connectivity index (χ4n) is 4.66. The molecule has 5 rings (SSSR count). The van der Waals surface area contributed by atoms with Crippen molar-refractivity contribution in [2.45, 2.75) is 38.8 Å². The number of pyridine rings is 1. The summed E-state index contributed by atoms with van der Waals surface area (Å²) in [6, 6.07) is 9.24. The smallest absolute Gasteiger partial charge is 0.425 e. The highest BCUT2D eigenvalue weighted by Crippen LogP contribution is 2.25. The number of hydrogen-bond acceptors (Lipinski definition) is 6. The van der Waals surface area contributed by atoms with Crippen LogP contribution in [0.1, 0.15) is 31.1 Å². The molecule has 1 saturated heterocycles. The quantitative estimate of drug-likeness (QED) is 0.431. The van der Waals surface area contributed by atoms with Crippen molar-refractivity contribution < 1.29 is 18.8 Å². The summed E-state index contributed by atoms with van der Waals surface area (Å²) in [5.41, 5.74) is 2.00. The minimum absolute atomic E-state index is 0.0686. The SMILES string of the molecule is COc1ccc(Cn2c(=O)n3nc[nH+]c3c3cc(C(F)CN4C[C@@H](C)O[C@@H](C)C4)cnc32)cc1. The number of hydrogen-bond donors (Lipinski definition) is 0. The number of nitrogens with zero attached hydrogens (tertiary/aromatic N) is 5. The van der Waals surface area contributed by atoms with Gasteiger partial charge in [-0.2, -0.15) is 0 Å². The number of fused-ring (bicyclic) bond motifs is 3. The van der Waals surface area contributed by atoms with E-state index in [2.05, 4.69) is 20.0 Å². The third kappa shape index (κ3) is 4.26. The zero-order valence-corrected chi connectivity index (χ0v) is 19.4. The largest absolute Gasteiger partial charge is 0.497 e. The number of H-pyrrole nitrogens is 1. The van der Waals surface area contributed by atoms with Crippen LogP contribution in [0.25, 0.3) is 16.7 Å². The Morgan fingerprint density at radius 1 is 1.24 bits per heavy atom. The Bertz CT molecular complexity index is 1360. The standard InChI is InChI=1S/C24H27FN6O3/c1-15-10-29(11-16(2)34-15)13-21(25)18-8-20-22(26-9-18)30(24(32)31-23(20)27-14-28-31)12-17-4-6-19(33-3)7-5-17/h4-9,14-16,21H,10-13H2,1-3H3/p+1/t15-,16+,21?. The maximum Gasteiger partial charge on any atom is 0.425 e. The van der Waals surface area contributed by atoms with Gasteiger partial charge in [0.05, 0.1) is 31.2 Å². The molecule has 0 saturated carbocycles. The van der Waals surface area contributed by atoms with E-state index in [0.717, 1.165) is 11.3 Å². The van der Waals surface area contributed by atoms with Crippen LogP contribution in [-0.4, -0.2) is 63.0 Å². The molecule has 0 bridgehead atoms. The van der Waals surface area contributed by atoms with Gasteiger partial charge in [-0.1, -0.05) is 12.1 Å². The molecule has 178 valence electrons. The number of rotatable bonds is 6. The number of methoxy groups -OCH3 is 1. The first kappa shape index (κ1) is 22.4. The Hall–Kier alpha value is -3.37. The average Bonchev–Trinajstić information content (AvgIpc) is 3.32. The Balaban J connectivity index is 1.51. The molecule has 1 aromatic carbocycles. The Morgan fingerprint density at radius 2 is 1.97 bits per heavy atom. The molecular formula is C24H28FN6O3+. The van der Waals surface area contributed by atoms with Crippen molar-refractivity contribution in [3.63, 3.8) is 0 Å². The van der Waals surface area contributed by atoms with Crippen molar-refractivity contribution in [2.24, 2.45) is 0 Å². The fraction of sp³-hybridized carbons (Fsp3) is 0.417. The molecular weight excluding hydrogens is 439 g/mol. The van der Waals surface area contributed by atoms with Crippen LogP contribution in [0.5, 0.6) is 5.75 Å². The molecule has 10 heteroatoms. The molecule has 1 unspecified atom stereocenters. The normalized spacial score (nSPS) is 20.1. The van der Waals surface area contributed by atoms with E-state index in [4.69, 9.17) is 9.47 Å². The number of halogens is 1. The van der Waals surface area contributed by atoms with Crippen LogP contribution in [0.15, 0.2) is 47.7 Å². The van der Waals surface area contributed by atoms with Gasteiger partial charge >= 0.3 is 5.69 Å². The molecule has 0 radical (unpaired) electrons. The number of nitrogens with one attached hydrogen (secondary N) is 1. The fourth-order valence-corrected chi connectivity index (χ4v) is 4.66. The van der Waals surface area contributed by atoms with Gasteiger partial charge in [-0.15, -0.1) is 0 Å². The zero-order chi connectivity index (χ0) is 23.8. The first-order valence-corrected chi connectivity index (χ1v) is 11.4. The summed E-state index contributed by atoms with van der Waals surface area (Å²) in [7, 11) is 1.61. The van der Waals surface area contributed by atoms with Gasteiger partial charge in [0.2, 0.25) is 0 Å². The number of benzene rings is 1. The lowest BCUT2D eigenvalue weighted by Gasteiger charge is -2.35. The summed E-state index contributed by atoms with van der Waals surface area (Å²) in [6.07, 6.45) is 1.89. The van der Waals surface area contributed by atoms with E-state index in [0.29, 0.717) is 41.9 Å². The van der Waals surface area contributed by atoms with E-state index < -0.39 is 6.17 Å². The minimum atomic E-state index is -1.22. The van der Waals surface area contributed by atoms with Crippen LogP contribution < -0.4 is 15.4 Å². The third-order valence-electron chi connectivity index (χ3n) is 6.17. The molecule has 0 aliphatic carbocycles. The summed E-state index contributed by atoms with van der Waals surface area (Å²) >= 11 is 0. The number of aromatic nitrogens is 5. The molecule has 4 aromatic rings. The zero-order valence-electron chi connectivity index (χ0n) is 19.4. The Kier molecular flexibility index (Phi) is 6.01. The van der Waals surface area contributed by atoms with Gasteiger partial charge in [-0.25, -0.2) is 19.2 Å². The number of ether oxygens (including phenoxy) is 2. The van der Waals surface area contributed by atoms with E-state index in [1.165, 1.54) is 17.0 Å². The molecule has 1 aliphatic rings. The van der Waals surface area contributed by atoms with E-state index in [9.17, 15) is 4.79 Å². The summed E-state index contributed by atoms with van der Waals surface area (Å²) in [4.78, 5) is 22.8. The van der Waals surface area contributed by atoms with Crippen LogP contribution in [0.4, 0.5) is 4.39 Å². The topological polar surface area (TPSA) is 88.0 Å². The first-order chi connectivity index (χ1) is 16.4. The van der Waals surface area contributed by atoms with Crippen molar-refractivity contribution in [1.29, 1.82) is 0 Å². The molecule has 1 fully saturated rings. The minimum Gasteiger partial charge on any atom is -0.497 e.